The summed E-state index contributed by atoms with van der Waals surface area (Å²) in [4.78, 5) is 12.2. The van der Waals surface area contributed by atoms with Crippen LogP contribution in [0.25, 0.3) is 10.9 Å². The van der Waals surface area contributed by atoms with Gasteiger partial charge in [-0.15, -0.1) is 0 Å². The number of rotatable bonds is 4. The van der Waals surface area contributed by atoms with E-state index in [0.29, 0.717) is 12.1 Å². The van der Waals surface area contributed by atoms with E-state index in [4.69, 9.17) is 11.6 Å². The third-order valence-electron chi connectivity index (χ3n) is 3.74. The van der Waals surface area contributed by atoms with E-state index < -0.39 is 0 Å². The summed E-state index contributed by atoms with van der Waals surface area (Å²) >= 11 is 5.95. The SMILES string of the molecule is Cn1ccc2cc(C(=O)NCCc3cccc(Cl)c3)ccc21. The third-order valence-corrected chi connectivity index (χ3v) is 3.97. The molecule has 112 valence electrons. The van der Waals surface area contributed by atoms with Gasteiger partial charge in [0, 0.05) is 41.3 Å². The molecule has 0 aliphatic heterocycles. The van der Waals surface area contributed by atoms with Crippen LogP contribution in [-0.2, 0) is 13.5 Å². The fraction of sp³-hybridized carbons (Fsp3) is 0.167. The van der Waals surface area contributed by atoms with Gasteiger partial charge in [0.2, 0.25) is 0 Å². The van der Waals surface area contributed by atoms with Crippen molar-refractivity contribution in [3.63, 3.8) is 0 Å². The summed E-state index contributed by atoms with van der Waals surface area (Å²) in [6.07, 6.45) is 2.76. The molecule has 0 radical (unpaired) electrons. The summed E-state index contributed by atoms with van der Waals surface area (Å²) in [7, 11) is 1.99. The Morgan fingerprint density at radius 1 is 1.18 bits per heavy atom. The van der Waals surface area contributed by atoms with Gasteiger partial charge in [-0.05, 0) is 48.4 Å². The first-order valence-corrected chi connectivity index (χ1v) is 7.59. The minimum absolute atomic E-state index is 0.0484. The molecule has 0 atom stereocenters. The third kappa shape index (κ3) is 3.15. The van der Waals surface area contributed by atoms with Crippen LogP contribution in [0.3, 0.4) is 0 Å². The van der Waals surface area contributed by atoms with Gasteiger partial charge in [0.1, 0.15) is 0 Å². The number of fused-ring (bicyclic) bond motifs is 1. The lowest BCUT2D eigenvalue weighted by Gasteiger charge is -2.06. The number of carbonyl (C=O) groups excluding carboxylic acids is 1. The molecule has 1 heterocycles. The van der Waals surface area contributed by atoms with E-state index in [1.807, 2.05) is 66.3 Å². The topological polar surface area (TPSA) is 34.0 Å². The van der Waals surface area contributed by atoms with Crippen LogP contribution in [0.1, 0.15) is 15.9 Å². The first-order chi connectivity index (χ1) is 10.6. The van der Waals surface area contributed by atoms with Gasteiger partial charge in [0.15, 0.2) is 0 Å². The van der Waals surface area contributed by atoms with Gasteiger partial charge in [0.05, 0.1) is 0 Å². The number of nitrogens with one attached hydrogen (secondary N) is 1. The smallest absolute Gasteiger partial charge is 0.251 e. The predicted molar refractivity (Wildman–Crippen MR) is 90.4 cm³/mol. The fourth-order valence-corrected chi connectivity index (χ4v) is 2.75. The lowest BCUT2D eigenvalue weighted by Crippen LogP contribution is -2.25. The normalized spacial score (nSPS) is 10.8. The fourth-order valence-electron chi connectivity index (χ4n) is 2.54. The molecule has 0 spiro atoms. The number of nitrogens with zero attached hydrogens (tertiary/aromatic N) is 1. The minimum atomic E-state index is -0.0484. The van der Waals surface area contributed by atoms with Crippen LogP contribution in [0.15, 0.2) is 54.7 Å². The molecule has 22 heavy (non-hydrogen) atoms. The van der Waals surface area contributed by atoms with Crippen molar-refractivity contribution >= 4 is 28.4 Å². The Morgan fingerprint density at radius 2 is 2.05 bits per heavy atom. The summed E-state index contributed by atoms with van der Waals surface area (Å²) < 4.78 is 2.04. The standard InChI is InChI=1S/C18H17ClN2O/c1-21-10-8-14-12-15(5-6-17(14)21)18(22)20-9-7-13-3-2-4-16(19)11-13/h2-6,8,10-12H,7,9H2,1H3,(H,20,22). The second-order valence-electron chi connectivity index (χ2n) is 5.34. The minimum Gasteiger partial charge on any atom is -0.352 e. The van der Waals surface area contributed by atoms with E-state index >= 15 is 0 Å². The van der Waals surface area contributed by atoms with Crippen LogP contribution in [-0.4, -0.2) is 17.0 Å². The predicted octanol–water partition coefficient (Wildman–Crippen LogP) is 3.80. The Morgan fingerprint density at radius 3 is 2.86 bits per heavy atom. The number of benzene rings is 2. The zero-order valence-corrected chi connectivity index (χ0v) is 13.1. The number of aromatic nitrogens is 1. The Kier molecular flexibility index (Phi) is 4.16. The quantitative estimate of drug-likeness (QED) is 0.781. The van der Waals surface area contributed by atoms with E-state index in [-0.39, 0.29) is 5.91 Å². The van der Waals surface area contributed by atoms with Gasteiger partial charge in [0.25, 0.3) is 5.91 Å². The van der Waals surface area contributed by atoms with Crippen molar-refractivity contribution in [1.82, 2.24) is 9.88 Å². The molecular weight excluding hydrogens is 296 g/mol. The number of aryl methyl sites for hydroxylation is 1. The lowest BCUT2D eigenvalue weighted by molar-refractivity contribution is 0.0954. The zero-order chi connectivity index (χ0) is 15.5. The lowest BCUT2D eigenvalue weighted by atomic mass is 10.1. The Hall–Kier alpha value is -2.26. The highest BCUT2D eigenvalue weighted by molar-refractivity contribution is 6.30. The molecule has 3 nitrogen and oxygen atoms in total. The molecule has 1 aromatic heterocycles. The van der Waals surface area contributed by atoms with Gasteiger partial charge in [-0.25, -0.2) is 0 Å². The monoisotopic (exact) mass is 312 g/mol. The molecule has 0 aliphatic rings. The van der Waals surface area contributed by atoms with E-state index in [0.717, 1.165) is 27.9 Å². The van der Waals surface area contributed by atoms with Gasteiger partial charge >= 0.3 is 0 Å². The molecule has 1 amide bonds. The maximum absolute atomic E-state index is 12.2. The highest BCUT2D eigenvalue weighted by atomic mass is 35.5. The van der Waals surface area contributed by atoms with Gasteiger partial charge in [-0.1, -0.05) is 23.7 Å². The van der Waals surface area contributed by atoms with E-state index in [1.165, 1.54) is 0 Å². The maximum atomic E-state index is 12.2. The summed E-state index contributed by atoms with van der Waals surface area (Å²) in [5, 5.41) is 4.74. The van der Waals surface area contributed by atoms with Crippen LogP contribution in [0.5, 0.6) is 0 Å². The van der Waals surface area contributed by atoms with Crippen molar-refractivity contribution in [3.8, 4) is 0 Å². The first-order valence-electron chi connectivity index (χ1n) is 7.21. The average Bonchev–Trinajstić information content (AvgIpc) is 2.88. The largest absolute Gasteiger partial charge is 0.352 e. The molecule has 0 unspecified atom stereocenters. The molecule has 0 aliphatic carbocycles. The number of halogens is 1. The highest BCUT2D eigenvalue weighted by Gasteiger charge is 2.07. The molecular formula is C18H17ClN2O. The molecule has 3 rings (SSSR count). The van der Waals surface area contributed by atoms with E-state index in [1.54, 1.807) is 0 Å². The molecule has 3 aromatic rings. The van der Waals surface area contributed by atoms with Crippen LogP contribution in [0.2, 0.25) is 5.02 Å². The van der Waals surface area contributed by atoms with Crippen molar-refractivity contribution in [2.45, 2.75) is 6.42 Å². The number of amides is 1. The van der Waals surface area contributed by atoms with Crippen LogP contribution < -0.4 is 5.32 Å². The Labute approximate surface area is 134 Å². The molecule has 4 heteroatoms. The molecule has 0 saturated carbocycles. The van der Waals surface area contributed by atoms with Crippen molar-refractivity contribution in [2.75, 3.05) is 6.54 Å². The molecule has 2 aromatic carbocycles. The summed E-state index contributed by atoms with van der Waals surface area (Å²) in [6, 6.07) is 15.5. The molecule has 0 saturated heterocycles. The van der Waals surface area contributed by atoms with Gasteiger partial charge < -0.3 is 9.88 Å². The number of hydrogen-bond acceptors (Lipinski definition) is 1. The number of carbonyl (C=O) groups is 1. The van der Waals surface area contributed by atoms with Crippen LogP contribution in [0.4, 0.5) is 0 Å². The van der Waals surface area contributed by atoms with Gasteiger partial charge in [-0.3, -0.25) is 4.79 Å². The van der Waals surface area contributed by atoms with Crippen LogP contribution >= 0.6 is 11.6 Å². The van der Waals surface area contributed by atoms with E-state index in [9.17, 15) is 4.79 Å². The zero-order valence-electron chi connectivity index (χ0n) is 12.3. The Bertz CT molecular complexity index is 823. The van der Waals surface area contributed by atoms with E-state index in [2.05, 4.69) is 5.32 Å². The molecule has 0 fully saturated rings. The van der Waals surface area contributed by atoms with Crippen molar-refractivity contribution < 1.29 is 4.79 Å². The van der Waals surface area contributed by atoms with Crippen molar-refractivity contribution in [1.29, 1.82) is 0 Å². The average molecular weight is 313 g/mol. The maximum Gasteiger partial charge on any atom is 0.251 e. The summed E-state index contributed by atoms with van der Waals surface area (Å²) in [5.41, 5.74) is 2.92. The molecule has 0 bridgehead atoms. The Balaban J connectivity index is 1.63. The van der Waals surface area contributed by atoms with Crippen molar-refractivity contribution in [2.24, 2.45) is 7.05 Å². The molecule has 1 N–H and O–H groups in total. The second-order valence-corrected chi connectivity index (χ2v) is 5.77. The number of hydrogen-bond donors (Lipinski definition) is 1. The summed E-state index contributed by atoms with van der Waals surface area (Å²) in [6.45, 7) is 0.589. The second kappa shape index (κ2) is 6.24. The van der Waals surface area contributed by atoms with Crippen molar-refractivity contribution in [3.05, 3.63) is 70.9 Å². The first kappa shape index (κ1) is 14.7. The summed E-state index contributed by atoms with van der Waals surface area (Å²) in [5.74, 6) is -0.0484. The van der Waals surface area contributed by atoms with Crippen LogP contribution in [0, 0.1) is 0 Å². The van der Waals surface area contributed by atoms with Gasteiger partial charge in [-0.2, -0.15) is 0 Å². The highest BCUT2D eigenvalue weighted by Crippen LogP contribution is 2.16.